The number of ether oxygens (including phenoxy) is 1. The Morgan fingerprint density at radius 1 is 1.12 bits per heavy atom. The van der Waals surface area contributed by atoms with Gasteiger partial charge in [0.05, 0.1) is 0 Å². The summed E-state index contributed by atoms with van der Waals surface area (Å²) < 4.78 is 28.1. The molecule has 1 aromatic carbocycles. The quantitative estimate of drug-likeness (QED) is 0.868. The number of hydrogen-bond donors (Lipinski definition) is 1. The topological polar surface area (TPSA) is 21.3 Å². The van der Waals surface area contributed by atoms with Crippen LogP contribution in [0, 0.1) is 0 Å². The number of hydrogen-bond acceptors (Lipinski definition) is 2. The summed E-state index contributed by atoms with van der Waals surface area (Å²) in [6, 6.07) is 9.70. The first-order chi connectivity index (χ1) is 8.24. The third-order valence-corrected chi connectivity index (χ3v) is 2.16. The first-order valence-electron chi connectivity index (χ1n) is 5.10. The van der Waals surface area contributed by atoms with Crippen molar-refractivity contribution in [3.05, 3.63) is 65.7 Å². The normalized spacial score (nSPS) is 16.9. The first-order valence-corrected chi connectivity index (χ1v) is 5.10. The zero-order valence-corrected chi connectivity index (χ0v) is 8.94. The van der Waals surface area contributed by atoms with Crippen molar-refractivity contribution in [1.82, 2.24) is 5.32 Å². The SMILES string of the molecule is FC(F)OC1=CNC(=Cc2ccccc2)C=C1. The number of halogens is 2. The lowest BCUT2D eigenvalue weighted by Gasteiger charge is -2.12. The van der Waals surface area contributed by atoms with E-state index in [4.69, 9.17) is 0 Å². The summed E-state index contributed by atoms with van der Waals surface area (Å²) in [5, 5.41) is 2.88. The number of nitrogens with one attached hydrogen (secondary N) is 1. The van der Waals surface area contributed by atoms with Crippen LogP contribution in [0.2, 0.25) is 0 Å². The molecule has 0 radical (unpaired) electrons. The molecule has 1 N–H and O–H groups in total. The molecule has 1 heterocycles. The van der Waals surface area contributed by atoms with Crippen LogP contribution in [0.15, 0.2) is 60.1 Å². The van der Waals surface area contributed by atoms with Gasteiger partial charge in [-0.1, -0.05) is 30.3 Å². The van der Waals surface area contributed by atoms with Crippen LogP contribution in [0.5, 0.6) is 0 Å². The lowest BCUT2D eigenvalue weighted by Crippen LogP contribution is -2.10. The van der Waals surface area contributed by atoms with Crippen molar-refractivity contribution < 1.29 is 13.5 Å². The van der Waals surface area contributed by atoms with E-state index in [1.807, 2.05) is 36.4 Å². The molecule has 0 amide bonds. The highest BCUT2D eigenvalue weighted by atomic mass is 19.3. The van der Waals surface area contributed by atoms with Crippen LogP contribution >= 0.6 is 0 Å². The standard InChI is InChI=1S/C13H11F2NO/c14-13(15)17-12-7-6-11(16-9-12)8-10-4-2-1-3-5-10/h1-9,13,16H. The van der Waals surface area contributed by atoms with Gasteiger partial charge in [0, 0.05) is 11.9 Å². The van der Waals surface area contributed by atoms with Crippen molar-refractivity contribution in [3.8, 4) is 0 Å². The van der Waals surface area contributed by atoms with Crippen LogP contribution in [0.3, 0.4) is 0 Å². The minimum atomic E-state index is -2.80. The average Bonchev–Trinajstić information content (AvgIpc) is 2.32. The fourth-order valence-corrected chi connectivity index (χ4v) is 1.42. The van der Waals surface area contributed by atoms with Gasteiger partial charge in [-0.2, -0.15) is 8.78 Å². The van der Waals surface area contributed by atoms with E-state index in [0.717, 1.165) is 11.3 Å². The second-order valence-corrected chi connectivity index (χ2v) is 3.41. The minimum Gasteiger partial charge on any atom is -0.433 e. The molecule has 0 fully saturated rings. The maximum atomic E-state index is 11.9. The summed E-state index contributed by atoms with van der Waals surface area (Å²) >= 11 is 0. The number of alkyl halides is 2. The predicted octanol–water partition coefficient (Wildman–Crippen LogP) is 3.27. The van der Waals surface area contributed by atoms with Crippen LogP contribution in [0.25, 0.3) is 6.08 Å². The van der Waals surface area contributed by atoms with Gasteiger partial charge in [0.15, 0.2) is 0 Å². The fraction of sp³-hybridized carbons (Fsp3) is 0.0769. The first kappa shape index (κ1) is 11.4. The molecular weight excluding hydrogens is 224 g/mol. The monoisotopic (exact) mass is 235 g/mol. The Labute approximate surface area is 97.9 Å². The number of dihydropyridines is 1. The van der Waals surface area contributed by atoms with E-state index in [0.29, 0.717) is 0 Å². The smallest absolute Gasteiger partial charge is 0.387 e. The molecular formula is C13H11F2NO. The fourth-order valence-electron chi connectivity index (χ4n) is 1.42. The second kappa shape index (κ2) is 5.30. The maximum Gasteiger partial charge on any atom is 0.387 e. The minimum absolute atomic E-state index is 0.116. The molecule has 1 aliphatic rings. The van der Waals surface area contributed by atoms with Gasteiger partial charge in [-0.3, -0.25) is 0 Å². The molecule has 1 aromatic rings. The summed E-state index contributed by atoms with van der Waals surface area (Å²) in [4.78, 5) is 0. The summed E-state index contributed by atoms with van der Waals surface area (Å²) in [6.07, 6.45) is 6.50. The Balaban J connectivity index is 2.03. The van der Waals surface area contributed by atoms with Gasteiger partial charge < -0.3 is 10.1 Å². The molecule has 2 rings (SSSR count). The highest BCUT2D eigenvalue weighted by Gasteiger charge is 2.07. The second-order valence-electron chi connectivity index (χ2n) is 3.41. The van der Waals surface area contributed by atoms with E-state index < -0.39 is 6.61 Å². The molecule has 0 atom stereocenters. The van der Waals surface area contributed by atoms with Crippen molar-refractivity contribution in [2.45, 2.75) is 6.61 Å². The van der Waals surface area contributed by atoms with Gasteiger partial charge in [0.2, 0.25) is 0 Å². The summed E-state index contributed by atoms with van der Waals surface area (Å²) in [5.41, 5.74) is 1.85. The van der Waals surface area contributed by atoms with Crippen LogP contribution < -0.4 is 5.32 Å². The number of benzene rings is 1. The Morgan fingerprint density at radius 2 is 1.88 bits per heavy atom. The Morgan fingerprint density at radius 3 is 2.47 bits per heavy atom. The zero-order valence-electron chi connectivity index (χ0n) is 8.94. The van der Waals surface area contributed by atoms with Crippen molar-refractivity contribution >= 4 is 6.08 Å². The van der Waals surface area contributed by atoms with Crippen LogP contribution in [0.4, 0.5) is 8.78 Å². The van der Waals surface area contributed by atoms with Gasteiger partial charge in [-0.05, 0) is 23.8 Å². The van der Waals surface area contributed by atoms with Gasteiger partial charge in [-0.15, -0.1) is 0 Å². The zero-order chi connectivity index (χ0) is 12.1. The molecule has 0 aliphatic carbocycles. The third-order valence-electron chi connectivity index (χ3n) is 2.16. The molecule has 88 valence electrons. The Kier molecular flexibility index (Phi) is 3.55. The lowest BCUT2D eigenvalue weighted by atomic mass is 10.1. The van der Waals surface area contributed by atoms with Crippen molar-refractivity contribution in [3.63, 3.8) is 0 Å². The van der Waals surface area contributed by atoms with Gasteiger partial charge in [0.1, 0.15) is 5.76 Å². The molecule has 2 nitrogen and oxygen atoms in total. The Hall–Kier alpha value is -2.10. The van der Waals surface area contributed by atoms with E-state index in [9.17, 15) is 8.78 Å². The molecule has 17 heavy (non-hydrogen) atoms. The molecule has 1 aliphatic heterocycles. The summed E-state index contributed by atoms with van der Waals surface area (Å²) in [6.45, 7) is -2.80. The van der Waals surface area contributed by atoms with E-state index >= 15 is 0 Å². The van der Waals surface area contributed by atoms with E-state index in [1.165, 1.54) is 12.3 Å². The van der Waals surface area contributed by atoms with Crippen molar-refractivity contribution in [2.75, 3.05) is 0 Å². The lowest BCUT2D eigenvalue weighted by molar-refractivity contribution is -0.0925. The van der Waals surface area contributed by atoms with Gasteiger partial charge in [-0.25, -0.2) is 0 Å². The molecule has 4 heteroatoms. The van der Waals surface area contributed by atoms with Crippen LogP contribution in [-0.4, -0.2) is 6.61 Å². The summed E-state index contributed by atoms with van der Waals surface area (Å²) in [5.74, 6) is 0.116. The molecule has 0 spiro atoms. The van der Waals surface area contributed by atoms with Gasteiger partial charge >= 0.3 is 6.61 Å². The summed E-state index contributed by atoms with van der Waals surface area (Å²) in [7, 11) is 0. The maximum absolute atomic E-state index is 11.9. The predicted molar refractivity (Wildman–Crippen MR) is 61.9 cm³/mol. The average molecular weight is 235 g/mol. The van der Waals surface area contributed by atoms with Gasteiger partial charge in [0.25, 0.3) is 0 Å². The highest BCUT2D eigenvalue weighted by Crippen LogP contribution is 2.13. The van der Waals surface area contributed by atoms with Crippen molar-refractivity contribution in [1.29, 1.82) is 0 Å². The van der Waals surface area contributed by atoms with E-state index in [-0.39, 0.29) is 5.76 Å². The Bertz CT molecular complexity index is 464. The van der Waals surface area contributed by atoms with E-state index in [1.54, 1.807) is 6.08 Å². The van der Waals surface area contributed by atoms with Crippen LogP contribution in [0.1, 0.15) is 5.56 Å². The largest absolute Gasteiger partial charge is 0.433 e. The number of allylic oxidation sites excluding steroid dienone is 2. The third kappa shape index (κ3) is 3.45. The molecule has 0 saturated carbocycles. The highest BCUT2D eigenvalue weighted by molar-refractivity contribution is 5.56. The van der Waals surface area contributed by atoms with Crippen molar-refractivity contribution in [2.24, 2.45) is 0 Å². The molecule has 0 bridgehead atoms. The van der Waals surface area contributed by atoms with Crippen LogP contribution in [-0.2, 0) is 4.74 Å². The molecule has 0 unspecified atom stereocenters. The molecule has 0 aromatic heterocycles. The number of rotatable bonds is 3. The molecule has 0 saturated heterocycles. The van der Waals surface area contributed by atoms with E-state index in [2.05, 4.69) is 10.1 Å².